The van der Waals surface area contributed by atoms with E-state index >= 15 is 0 Å². The quantitative estimate of drug-likeness (QED) is 0.884. The van der Waals surface area contributed by atoms with Crippen LogP contribution in [0.3, 0.4) is 0 Å². The van der Waals surface area contributed by atoms with E-state index in [0.29, 0.717) is 43.2 Å². The maximum absolute atomic E-state index is 11.9. The minimum Gasteiger partial charge on any atom is -0.493 e. The lowest BCUT2D eigenvalue weighted by Gasteiger charge is -2.28. The number of amides is 1. The van der Waals surface area contributed by atoms with Crippen LogP contribution in [0.25, 0.3) is 0 Å². The Labute approximate surface area is 116 Å². The summed E-state index contributed by atoms with van der Waals surface area (Å²) in [6.07, 6.45) is 0.385. The molecule has 2 aliphatic heterocycles. The first-order chi connectivity index (χ1) is 9.76. The van der Waals surface area contributed by atoms with E-state index in [-0.39, 0.29) is 6.09 Å². The molecule has 20 heavy (non-hydrogen) atoms. The standard InChI is InChI=1S/C14H15N3O3/c1-19-13-10(6-15)11-8-16-7-9(11)5-12(13)17-3-2-4-20-14(17)18/h5,16H,2-4,7-8H2,1H3. The van der Waals surface area contributed by atoms with Crippen molar-refractivity contribution in [1.29, 1.82) is 5.26 Å². The number of benzene rings is 1. The highest BCUT2D eigenvalue weighted by atomic mass is 16.6. The van der Waals surface area contributed by atoms with Crippen LogP contribution < -0.4 is 15.0 Å². The molecule has 1 amide bonds. The summed E-state index contributed by atoms with van der Waals surface area (Å²) in [6.45, 7) is 2.37. The maximum Gasteiger partial charge on any atom is 0.414 e. The third-order valence-corrected chi connectivity index (χ3v) is 3.66. The van der Waals surface area contributed by atoms with Crippen LogP contribution >= 0.6 is 0 Å². The molecule has 6 nitrogen and oxygen atoms in total. The van der Waals surface area contributed by atoms with E-state index in [1.807, 2.05) is 6.07 Å². The van der Waals surface area contributed by atoms with Gasteiger partial charge in [0.15, 0.2) is 5.75 Å². The predicted molar refractivity (Wildman–Crippen MR) is 71.6 cm³/mol. The second-order valence-corrected chi connectivity index (χ2v) is 4.78. The number of nitriles is 1. The van der Waals surface area contributed by atoms with Gasteiger partial charge in [0.05, 0.1) is 19.4 Å². The fraction of sp³-hybridized carbons (Fsp3) is 0.429. The van der Waals surface area contributed by atoms with Crippen molar-refractivity contribution in [3.63, 3.8) is 0 Å². The minimum absolute atomic E-state index is 0.385. The SMILES string of the molecule is COc1c(N2CCCOC2=O)cc2c(c1C#N)CNC2. The van der Waals surface area contributed by atoms with Crippen LogP contribution in [0.4, 0.5) is 10.5 Å². The molecule has 0 saturated carbocycles. The average Bonchev–Trinajstić information content (AvgIpc) is 2.93. The van der Waals surface area contributed by atoms with Crippen LogP contribution in [0, 0.1) is 11.3 Å². The number of ether oxygens (including phenoxy) is 2. The second-order valence-electron chi connectivity index (χ2n) is 4.78. The van der Waals surface area contributed by atoms with Gasteiger partial charge in [0, 0.05) is 19.6 Å². The van der Waals surface area contributed by atoms with E-state index in [2.05, 4.69) is 11.4 Å². The molecule has 104 valence electrons. The first kappa shape index (κ1) is 12.8. The average molecular weight is 273 g/mol. The van der Waals surface area contributed by atoms with Crippen molar-refractivity contribution in [1.82, 2.24) is 5.32 Å². The first-order valence-electron chi connectivity index (χ1n) is 6.54. The molecule has 0 unspecified atom stereocenters. The fourth-order valence-corrected chi connectivity index (χ4v) is 2.72. The van der Waals surface area contributed by atoms with Crippen LogP contribution in [0.2, 0.25) is 0 Å². The third-order valence-electron chi connectivity index (χ3n) is 3.66. The van der Waals surface area contributed by atoms with Gasteiger partial charge in [0.25, 0.3) is 0 Å². The number of methoxy groups -OCH3 is 1. The Morgan fingerprint density at radius 1 is 1.50 bits per heavy atom. The monoisotopic (exact) mass is 273 g/mol. The van der Waals surface area contributed by atoms with Crippen LogP contribution in [-0.4, -0.2) is 26.4 Å². The Bertz CT molecular complexity index is 607. The topological polar surface area (TPSA) is 74.6 Å². The Balaban J connectivity index is 2.15. The number of cyclic esters (lactones) is 1. The molecular weight excluding hydrogens is 258 g/mol. The fourth-order valence-electron chi connectivity index (χ4n) is 2.72. The van der Waals surface area contributed by atoms with Gasteiger partial charge in [0.2, 0.25) is 0 Å². The number of rotatable bonds is 2. The summed E-state index contributed by atoms with van der Waals surface area (Å²) in [7, 11) is 1.52. The molecule has 1 N–H and O–H groups in total. The number of hydrogen-bond donors (Lipinski definition) is 1. The van der Waals surface area contributed by atoms with Crippen molar-refractivity contribution in [3.05, 3.63) is 22.8 Å². The van der Waals surface area contributed by atoms with E-state index in [1.54, 1.807) is 4.90 Å². The Morgan fingerprint density at radius 2 is 2.35 bits per heavy atom. The molecule has 0 atom stereocenters. The van der Waals surface area contributed by atoms with E-state index in [0.717, 1.165) is 17.5 Å². The summed E-state index contributed by atoms with van der Waals surface area (Å²) in [5, 5.41) is 12.6. The van der Waals surface area contributed by atoms with Gasteiger partial charge >= 0.3 is 6.09 Å². The van der Waals surface area contributed by atoms with Crippen molar-refractivity contribution in [2.45, 2.75) is 19.5 Å². The van der Waals surface area contributed by atoms with Gasteiger partial charge in [-0.1, -0.05) is 0 Å². The van der Waals surface area contributed by atoms with Crippen LogP contribution in [0.5, 0.6) is 5.75 Å². The number of hydrogen-bond acceptors (Lipinski definition) is 5. The van der Waals surface area contributed by atoms with Crippen molar-refractivity contribution in [2.24, 2.45) is 0 Å². The maximum atomic E-state index is 11.9. The van der Waals surface area contributed by atoms with Gasteiger partial charge in [-0.3, -0.25) is 4.90 Å². The van der Waals surface area contributed by atoms with E-state index in [9.17, 15) is 10.1 Å². The van der Waals surface area contributed by atoms with Gasteiger partial charge in [-0.2, -0.15) is 5.26 Å². The number of carbonyl (C=O) groups is 1. The van der Waals surface area contributed by atoms with Crippen LogP contribution in [0.1, 0.15) is 23.1 Å². The Morgan fingerprint density at radius 3 is 3.05 bits per heavy atom. The zero-order chi connectivity index (χ0) is 14.1. The predicted octanol–water partition coefficient (Wildman–Crippen LogP) is 1.52. The summed E-state index contributed by atoms with van der Waals surface area (Å²) in [6, 6.07) is 4.12. The van der Waals surface area contributed by atoms with Crippen LogP contribution in [0.15, 0.2) is 6.07 Å². The Hall–Kier alpha value is -2.26. The Kier molecular flexibility index (Phi) is 3.20. The highest BCUT2D eigenvalue weighted by Gasteiger charge is 2.29. The van der Waals surface area contributed by atoms with Crippen LogP contribution in [-0.2, 0) is 17.8 Å². The highest BCUT2D eigenvalue weighted by Crippen LogP contribution is 2.38. The summed E-state index contributed by atoms with van der Waals surface area (Å²) in [4.78, 5) is 13.5. The number of nitrogens with one attached hydrogen (secondary N) is 1. The lowest BCUT2D eigenvalue weighted by Crippen LogP contribution is -2.38. The molecule has 0 bridgehead atoms. The second kappa shape index (κ2) is 5.02. The molecule has 1 fully saturated rings. The van der Waals surface area contributed by atoms with Gasteiger partial charge in [-0.15, -0.1) is 0 Å². The van der Waals surface area contributed by atoms with Gasteiger partial charge in [0.1, 0.15) is 11.6 Å². The molecule has 0 aromatic heterocycles. The van der Waals surface area contributed by atoms with Crippen molar-refractivity contribution >= 4 is 11.8 Å². The smallest absolute Gasteiger partial charge is 0.414 e. The molecule has 3 rings (SSSR count). The third kappa shape index (κ3) is 1.87. The summed E-state index contributed by atoms with van der Waals surface area (Å²) >= 11 is 0. The van der Waals surface area contributed by atoms with Gasteiger partial charge < -0.3 is 14.8 Å². The normalized spacial score (nSPS) is 17.4. The summed E-state index contributed by atoms with van der Waals surface area (Å²) in [5.41, 5.74) is 3.12. The lowest BCUT2D eigenvalue weighted by atomic mass is 10.0. The number of anilines is 1. The van der Waals surface area contributed by atoms with Crippen molar-refractivity contribution in [2.75, 3.05) is 25.2 Å². The largest absolute Gasteiger partial charge is 0.493 e. The molecule has 1 saturated heterocycles. The van der Waals surface area contributed by atoms with Crippen molar-refractivity contribution < 1.29 is 14.3 Å². The number of nitrogens with zero attached hydrogens (tertiary/aromatic N) is 2. The van der Waals surface area contributed by atoms with Crippen molar-refractivity contribution in [3.8, 4) is 11.8 Å². The summed E-state index contributed by atoms with van der Waals surface area (Å²) in [5.74, 6) is 0.453. The first-order valence-corrected chi connectivity index (χ1v) is 6.54. The molecule has 1 aromatic carbocycles. The number of fused-ring (bicyclic) bond motifs is 1. The van der Waals surface area contributed by atoms with E-state index in [4.69, 9.17) is 9.47 Å². The molecular formula is C14H15N3O3. The molecule has 2 aliphatic rings. The van der Waals surface area contributed by atoms with Gasteiger partial charge in [-0.25, -0.2) is 4.79 Å². The minimum atomic E-state index is -0.385. The molecule has 1 aromatic rings. The van der Waals surface area contributed by atoms with E-state index in [1.165, 1.54) is 7.11 Å². The molecule has 0 aliphatic carbocycles. The molecule has 0 radical (unpaired) electrons. The zero-order valence-electron chi connectivity index (χ0n) is 11.2. The van der Waals surface area contributed by atoms with Gasteiger partial charge in [-0.05, 0) is 23.6 Å². The lowest BCUT2D eigenvalue weighted by molar-refractivity contribution is 0.140. The molecule has 2 heterocycles. The van der Waals surface area contributed by atoms with E-state index < -0.39 is 0 Å². The zero-order valence-corrected chi connectivity index (χ0v) is 11.2. The summed E-state index contributed by atoms with van der Waals surface area (Å²) < 4.78 is 10.5. The molecule has 6 heteroatoms. The molecule has 0 spiro atoms. The highest BCUT2D eigenvalue weighted by molar-refractivity contribution is 5.91. The number of carbonyl (C=O) groups excluding carboxylic acids is 1.